The Hall–Kier alpha value is -2.48. The minimum Gasteiger partial charge on any atom is -0.465 e. The van der Waals surface area contributed by atoms with E-state index in [1.807, 2.05) is 0 Å². The molecular formula is C16H19N3O4S. The van der Waals surface area contributed by atoms with E-state index < -0.39 is 11.7 Å². The molecule has 0 fully saturated rings. The van der Waals surface area contributed by atoms with Crippen molar-refractivity contribution < 1.29 is 19.1 Å². The number of alkyl carbamates (subject to hydrolysis) is 1. The fourth-order valence-electron chi connectivity index (χ4n) is 1.77. The van der Waals surface area contributed by atoms with E-state index >= 15 is 0 Å². The van der Waals surface area contributed by atoms with Crippen molar-refractivity contribution >= 4 is 23.4 Å². The van der Waals surface area contributed by atoms with Gasteiger partial charge in [0.1, 0.15) is 15.6 Å². The van der Waals surface area contributed by atoms with Crippen molar-refractivity contribution in [3.05, 3.63) is 34.8 Å². The summed E-state index contributed by atoms with van der Waals surface area (Å²) in [5, 5.41) is 12.1. The van der Waals surface area contributed by atoms with Gasteiger partial charge in [-0.2, -0.15) is 0 Å². The van der Waals surface area contributed by atoms with Crippen LogP contribution in [0.15, 0.2) is 24.3 Å². The van der Waals surface area contributed by atoms with E-state index in [2.05, 4.69) is 20.3 Å². The second-order valence-electron chi connectivity index (χ2n) is 5.93. The third-order valence-electron chi connectivity index (χ3n) is 2.80. The van der Waals surface area contributed by atoms with Crippen LogP contribution in [-0.2, 0) is 16.0 Å². The minimum absolute atomic E-state index is 0.243. The summed E-state index contributed by atoms with van der Waals surface area (Å²) in [4.78, 5) is 23.0. The Labute approximate surface area is 144 Å². The number of carbonyl (C=O) groups is 2. The normalized spacial score (nSPS) is 11.0. The number of carbonyl (C=O) groups excluding carboxylic acids is 2. The standard InChI is InChI=1S/C16H19N3O4S/c1-16(2,3)23-15(21)17-9-12-18-19-13(24-12)10-5-7-11(8-6-10)14(20)22-4/h5-8H,9H2,1-4H3,(H,17,21). The second-order valence-corrected chi connectivity index (χ2v) is 6.99. The molecule has 0 saturated carbocycles. The van der Waals surface area contributed by atoms with Crippen molar-refractivity contribution in [1.82, 2.24) is 15.5 Å². The van der Waals surface area contributed by atoms with Crippen LogP contribution >= 0.6 is 11.3 Å². The van der Waals surface area contributed by atoms with Gasteiger partial charge >= 0.3 is 12.1 Å². The highest BCUT2D eigenvalue weighted by atomic mass is 32.1. The van der Waals surface area contributed by atoms with Crippen LogP contribution in [0.3, 0.4) is 0 Å². The van der Waals surface area contributed by atoms with Gasteiger partial charge in [-0.1, -0.05) is 23.5 Å². The maximum Gasteiger partial charge on any atom is 0.408 e. The Morgan fingerprint density at radius 1 is 1.17 bits per heavy atom. The lowest BCUT2D eigenvalue weighted by Crippen LogP contribution is -2.32. The van der Waals surface area contributed by atoms with Crippen LogP contribution in [0, 0.1) is 0 Å². The molecule has 1 amide bonds. The van der Waals surface area contributed by atoms with Crippen LogP contribution < -0.4 is 5.32 Å². The first-order chi connectivity index (χ1) is 11.3. The second kappa shape index (κ2) is 7.39. The molecule has 0 atom stereocenters. The Kier molecular flexibility index (Phi) is 5.50. The third kappa shape index (κ3) is 5.02. The third-order valence-corrected chi connectivity index (χ3v) is 3.77. The van der Waals surface area contributed by atoms with Crippen molar-refractivity contribution in [3.63, 3.8) is 0 Å². The average molecular weight is 349 g/mol. The van der Waals surface area contributed by atoms with Crippen LogP contribution in [-0.4, -0.2) is 35.0 Å². The van der Waals surface area contributed by atoms with Gasteiger partial charge in [0.2, 0.25) is 0 Å². The summed E-state index contributed by atoms with van der Waals surface area (Å²) in [6, 6.07) is 6.89. The first kappa shape index (κ1) is 17.9. The molecule has 0 aliphatic carbocycles. The number of hydrogen-bond donors (Lipinski definition) is 1. The molecule has 8 heteroatoms. The Morgan fingerprint density at radius 2 is 1.83 bits per heavy atom. The molecule has 7 nitrogen and oxygen atoms in total. The first-order valence-electron chi connectivity index (χ1n) is 7.26. The lowest BCUT2D eigenvalue weighted by atomic mass is 10.1. The topological polar surface area (TPSA) is 90.4 Å². The Morgan fingerprint density at radius 3 is 2.42 bits per heavy atom. The molecular weight excluding hydrogens is 330 g/mol. The number of esters is 1. The van der Waals surface area contributed by atoms with Crippen LogP contribution in [0.1, 0.15) is 36.1 Å². The van der Waals surface area contributed by atoms with E-state index in [1.54, 1.807) is 45.0 Å². The Balaban J connectivity index is 1.98. The summed E-state index contributed by atoms with van der Waals surface area (Å²) in [7, 11) is 1.34. The van der Waals surface area contributed by atoms with Crippen molar-refractivity contribution in [3.8, 4) is 10.6 Å². The zero-order valence-corrected chi connectivity index (χ0v) is 14.8. The number of rotatable bonds is 4. The van der Waals surface area contributed by atoms with E-state index in [9.17, 15) is 9.59 Å². The van der Waals surface area contributed by atoms with E-state index in [1.165, 1.54) is 18.4 Å². The molecule has 0 bridgehead atoms. The van der Waals surface area contributed by atoms with Crippen LogP contribution in [0.25, 0.3) is 10.6 Å². The largest absolute Gasteiger partial charge is 0.465 e. The molecule has 0 radical (unpaired) electrons. The number of amides is 1. The van der Waals surface area contributed by atoms with E-state index in [4.69, 9.17) is 4.74 Å². The smallest absolute Gasteiger partial charge is 0.408 e. The van der Waals surface area contributed by atoms with Gasteiger partial charge in [-0.05, 0) is 32.9 Å². The number of hydrogen-bond acceptors (Lipinski definition) is 7. The first-order valence-corrected chi connectivity index (χ1v) is 8.08. The summed E-state index contributed by atoms with van der Waals surface area (Å²) in [5.74, 6) is -0.388. The van der Waals surface area contributed by atoms with Gasteiger partial charge in [0.05, 0.1) is 19.2 Å². The van der Waals surface area contributed by atoms with Gasteiger partial charge < -0.3 is 14.8 Å². The number of ether oxygens (including phenoxy) is 2. The molecule has 0 unspecified atom stereocenters. The maximum absolute atomic E-state index is 11.6. The molecule has 0 aliphatic heterocycles. The van der Waals surface area contributed by atoms with Crippen molar-refractivity contribution in [2.75, 3.05) is 7.11 Å². The van der Waals surface area contributed by atoms with Gasteiger partial charge in [-0.15, -0.1) is 10.2 Å². The summed E-state index contributed by atoms with van der Waals surface area (Å²) in [6.07, 6.45) is -0.498. The molecule has 1 N–H and O–H groups in total. The SMILES string of the molecule is COC(=O)c1ccc(-c2nnc(CNC(=O)OC(C)(C)C)s2)cc1. The van der Waals surface area contributed by atoms with Crippen LogP contribution in [0.4, 0.5) is 4.79 Å². The van der Waals surface area contributed by atoms with E-state index in [0.29, 0.717) is 15.6 Å². The van der Waals surface area contributed by atoms with Gasteiger partial charge in [-0.3, -0.25) is 0 Å². The molecule has 2 aromatic rings. The van der Waals surface area contributed by atoms with Crippen molar-refractivity contribution in [2.45, 2.75) is 32.9 Å². The summed E-state index contributed by atoms with van der Waals surface area (Å²) >= 11 is 1.36. The van der Waals surface area contributed by atoms with E-state index in [0.717, 1.165) is 5.56 Å². The number of nitrogens with zero attached hydrogens (tertiary/aromatic N) is 2. The molecule has 0 spiro atoms. The predicted molar refractivity (Wildman–Crippen MR) is 89.8 cm³/mol. The van der Waals surface area contributed by atoms with Gasteiger partial charge in [0.15, 0.2) is 0 Å². The molecule has 0 saturated heterocycles. The van der Waals surface area contributed by atoms with Gasteiger partial charge in [-0.25, -0.2) is 9.59 Å². The highest BCUT2D eigenvalue weighted by Crippen LogP contribution is 2.24. The molecule has 2 rings (SSSR count). The van der Waals surface area contributed by atoms with Gasteiger partial charge in [0.25, 0.3) is 0 Å². The number of nitrogens with one attached hydrogen (secondary N) is 1. The van der Waals surface area contributed by atoms with E-state index in [-0.39, 0.29) is 12.5 Å². The van der Waals surface area contributed by atoms with Crippen LogP contribution in [0.5, 0.6) is 0 Å². The minimum atomic E-state index is -0.544. The zero-order chi connectivity index (χ0) is 17.7. The Bertz CT molecular complexity index is 720. The monoisotopic (exact) mass is 349 g/mol. The highest BCUT2D eigenvalue weighted by Gasteiger charge is 2.16. The quantitative estimate of drug-likeness (QED) is 0.853. The fraction of sp³-hybridized carbons (Fsp3) is 0.375. The van der Waals surface area contributed by atoms with Crippen molar-refractivity contribution in [1.29, 1.82) is 0 Å². The number of benzene rings is 1. The molecule has 1 heterocycles. The molecule has 24 heavy (non-hydrogen) atoms. The van der Waals surface area contributed by atoms with Crippen molar-refractivity contribution in [2.24, 2.45) is 0 Å². The predicted octanol–water partition coefficient (Wildman–Crippen LogP) is 3.02. The van der Waals surface area contributed by atoms with Gasteiger partial charge in [0, 0.05) is 5.56 Å². The molecule has 1 aromatic carbocycles. The fourth-order valence-corrected chi connectivity index (χ4v) is 2.56. The molecule has 0 aliphatic rings. The number of methoxy groups -OCH3 is 1. The molecule has 128 valence electrons. The molecule has 1 aromatic heterocycles. The highest BCUT2D eigenvalue weighted by molar-refractivity contribution is 7.14. The summed E-state index contributed by atoms with van der Waals surface area (Å²) in [6.45, 7) is 5.64. The summed E-state index contributed by atoms with van der Waals surface area (Å²) < 4.78 is 9.82. The lowest BCUT2D eigenvalue weighted by Gasteiger charge is -2.19. The van der Waals surface area contributed by atoms with Crippen LogP contribution in [0.2, 0.25) is 0 Å². The summed E-state index contributed by atoms with van der Waals surface area (Å²) in [5.41, 5.74) is 0.763. The number of aromatic nitrogens is 2. The zero-order valence-electron chi connectivity index (χ0n) is 14.0. The average Bonchev–Trinajstić information content (AvgIpc) is 2.99. The maximum atomic E-state index is 11.6. The lowest BCUT2D eigenvalue weighted by molar-refractivity contribution is 0.0522.